The standard InChI is InChI=1S/C13H12FN3O2/c14-9-7-16-6-5-11(9)17-13(18)8-19-12-4-2-1-3-10(12)15/h1-7H,8,15H2,(H,16,17,18). The second-order valence-electron chi connectivity index (χ2n) is 3.73. The molecule has 1 aromatic heterocycles. The molecule has 2 rings (SSSR count). The van der Waals surface area contributed by atoms with Crippen LogP contribution in [0.4, 0.5) is 15.8 Å². The first kappa shape index (κ1) is 12.8. The molecule has 1 aromatic carbocycles. The molecular weight excluding hydrogens is 249 g/mol. The van der Waals surface area contributed by atoms with E-state index >= 15 is 0 Å². The molecule has 0 unspecified atom stereocenters. The van der Waals surface area contributed by atoms with Gasteiger partial charge in [0.2, 0.25) is 0 Å². The minimum absolute atomic E-state index is 0.0598. The second-order valence-corrected chi connectivity index (χ2v) is 3.73. The molecule has 98 valence electrons. The summed E-state index contributed by atoms with van der Waals surface area (Å²) in [6.07, 6.45) is 2.40. The number of hydrogen-bond donors (Lipinski definition) is 2. The average molecular weight is 261 g/mol. The lowest BCUT2D eigenvalue weighted by atomic mass is 10.3. The summed E-state index contributed by atoms with van der Waals surface area (Å²) in [6.45, 7) is -0.254. The van der Waals surface area contributed by atoms with Gasteiger partial charge in [0.1, 0.15) is 5.75 Å². The van der Waals surface area contributed by atoms with Crippen LogP contribution in [0.2, 0.25) is 0 Å². The van der Waals surface area contributed by atoms with Crippen molar-refractivity contribution in [2.45, 2.75) is 0 Å². The van der Waals surface area contributed by atoms with Crippen molar-refractivity contribution in [3.8, 4) is 5.75 Å². The number of halogens is 1. The number of nitrogens with two attached hydrogens (primary N) is 1. The van der Waals surface area contributed by atoms with Gasteiger partial charge in [0, 0.05) is 6.20 Å². The Morgan fingerprint density at radius 2 is 2.16 bits per heavy atom. The van der Waals surface area contributed by atoms with E-state index in [1.54, 1.807) is 24.3 Å². The van der Waals surface area contributed by atoms with Gasteiger partial charge in [0.15, 0.2) is 12.4 Å². The van der Waals surface area contributed by atoms with Crippen LogP contribution in [0.5, 0.6) is 5.75 Å². The molecule has 0 fully saturated rings. The molecule has 6 heteroatoms. The summed E-state index contributed by atoms with van der Waals surface area (Å²) in [7, 11) is 0. The molecule has 1 heterocycles. The zero-order valence-electron chi connectivity index (χ0n) is 9.97. The monoisotopic (exact) mass is 261 g/mol. The summed E-state index contributed by atoms with van der Waals surface area (Å²) in [5.41, 5.74) is 6.15. The van der Waals surface area contributed by atoms with Crippen molar-refractivity contribution in [3.05, 3.63) is 48.5 Å². The molecule has 1 amide bonds. The third kappa shape index (κ3) is 3.41. The van der Waals surface area contributed by atoms with Crippen molar-refractivity contribution in [2.75, 3.05) is 17.7 Å². The first-order valence-electron chi connectivity index (χ1n) is 5.53. The van der Waals surface area contributed by atoms with E-state index in [-0.39, 0.29) is 12.3 Å². The zero-order chi connectivity index (χ0) is 13.7. The average Bonchev–Trinajstić information content (AvgIpc) is 2.40. The van der Waals surface area contributed by atoms with Crippen LogP contribution in [-0.4, -0.2) is 17.5 Å². The van der Waals surface area contributed by atoms with E-state index in [2.05, 4.69) is 10.3 Å². The molecule has 19 heavy (non-hydrogen) atoms. The number of carbonyl (C=O) groups excluding carboxylic acids is 1. The predicted molar refractivity (Wildman–Crippen MR) is 69.2 cm³/mol. The molecule has 0 saturated heterocycles. The number of benzene rings is 1. The van der Waals surface area contributed by atoms with Gasteiger partial charge in [-0.3, -0.25) is 9.78 Å². The van der Waals surface area contributed by atoms with E-state index < -0.39 is 11.7 Å². The SMILES string of the molecule is Nc1ccccc1OCC(=O)Nc1ccncc1F. The Labute approximate surface area is 109 Å². The molecule has 0 saturated carbocycles. The molecule has 0 aliphatic carbocycles. The van der Waals surface area contributed by atoms with Crippen molar-refractivity contribution in [2.24, 2.45) is 0 Å². The van der Waals surface area contributed by atoms with Gasteiger partial charge in [-0.2, -0.15) is 0 Å². The Morgan fingerprint density at radius 1 is 1.37 bits per heavy atom. The highest BCUT2D eigenvalue weighted by atomic mass is 19.1. The molecule has 0 aliphatic rings. The quantitative estimate of drug-likeness (QED) is 0.823. The van der Waals surface area contributed by atoms with E-state index in [1.165, 1.54) is 12.3 Å². The summed E-state index contributed by atoms with van der Waals surface area (Å²) in [5, 5.41) is 2.38. The number of nitrogen functional groups attached to an aromatic ring is 1. The van der Waals surface area contributed by atoms with E-state index in [1.807, 2.05) is 0 Å². The molecule has 0 bridgehead atoms. The molecule has 3 N–H and O–H groups in total. The highest BCUT2D eigenvalue weighted by Crippen LogP contribution is 2.19. The van der Waals surface area contributed by atoms with Crippen LogP contribution >= 0.6 is 0 Å². The third-order valence-corrected chi connectivity index (χ3v) is 2.32. The van der Waals surface area contributed by atoms with Gasteiger partial charge in [-0.15, -0.1) is 0 Å². The van der Waals surface area contributed by atoms with Crippen LogP contribution in [0.1, 0.15) is 0 Å². The lowest BCUT2D eigenvalue weighted by molar-refractivity contribution is -0.118. The Kier molecular flexibility index (Phi) is 3.92. The number of amides is 1. The number of hydrogen-bond acceptors (Lipinski definition) is 4. The van der Waals surface area contributed by atoms with Crippen molar-refractivity contribution >= 4 is 17.3 Å². The van der Waals surface area contributed by atoms with Crippen LogP contribution in [0, 0.1) is 5.82 Å². The fraction of sp³-hybridized carbons (Fsp3) is 0.0769. The second kappa shape index (κ2) is 5.81. The van der Waals surface area contributed by atoms with E-state index in [9.17, 15) is 9.18 Å². The zero-order valence-corrected chi connectivity index (χ0v) is 9.97. The number of nitrogens with one attached hydrogen (secondary N) is 1. The summed E-state index contributed by atoms with van der Waals surface area (Å²) in [6, 6.07) is 8.18. The number of ether oxygens (including phenoxy) is 1. The van der Waals surface area contributed by atoms with Gasteiger partial charge >= 0.3 is 0 Å². The summed E-state index contributed by atoms with van der Waals surface area (Å²) in [4.78, 5) is 15.2. The minimum Gasteiger partial charge on any atom is -0.482 e. The lowest BCUT2D eigenvalue weighted by Gasteiger charge is -2.09. The Bertz CT molecular complexity index is 590. The van der Waals surface area contributed by atoms with Crippen molar-refractivity contribution < 1.29 is 13.9 Å². The molecule has 0 atom stereocenters. The maximum Gasteiger partial charge on any atom is 0.262 e. The third-order valence-electron chi connectivity index (χ3n) is 2.32. The van der Waals surface area contributed by atoms with Crippen LogP contribution < -0.4 is 15.8 Å². The Hall–Kier alpha value is -2.63. The summed E-state index contributed by atoms with van der Waals surface area (Å²) >= 11 is 0. The topological polar surface area (TPSA) is 77.2 Å². The fourth-order valence-corrected chi connectivity index (χ4v) is 1.42. The molecule has 0 radical (unpaired) electrons. The molecule has 0 spiro atoms. The number of aromatic nitrogens is 1. The van der Waals surface area contributed by atoms with Crippen LogP contribution in [0.15, 0.2) is 42.7 Å². The van der Waals surface area contributed by atoms with Crippen LogP contribution in [-0.2, 0) is 4.79 Å². The maximum absolute atomic E-state index is 13.2. The fourth-order valence-electron chi connectivity index (χ4n) is 1.42. The Balaban J connectivity index is 1.92. The first-order chi connectivity index (χ1) is 9.16. The van der Waals surface area contributed by atoms with Crippen LogP contribution in [0.25, 0.3) is 0 Å². The summed E-state index contributed by atoms with van der Waals surface area (Å²) < 4.78 is 18.5. The van der Waals surface area contributed by atoms with Gasteiger partial charge in [-0.05, 0) is 18.2 Å². The van der Waals surface area contributed by atoms with E-state index in [4.69, 9.17) is 10.5 Å². The van der Waals surface area contributed by atoms with Gasteiger partial charge in [-0.25, -0.2) is 4.39 Å². The predicted octanol–water partition coefficient (Wildman–Crippen LogP) is 1.82. The van der Waals surface area contributed by atoms with Crippen LogP contribution in [0.3, 0.4) is 0 Å². The number of anilines is 2. The highest BCUT2D eigenvalue weighted by Gasteiger charge is 2.08. The maximum atomic E-state index is 13.2. The molecular formula is C13H12FN3O2. The molecule has 5 nitrogen and oxygen atoms in total. The number of pyridine rings is 1. The van der Waals surface area contributed by atoms with Gasteiger partial charge in [0.05, 0.1) is 17.6 Å². The van der Waals surface area contributed by atoms with Gasteiger partial charge in [-0.1, -0.05) is 12.1 Å². The smallest absolute Gasteiger partial charge is 0.262 e. The van der Waals surface area contributed by atoms with E-state index in [0.717, 1.165) is 6.20 Å². The van der Waals surface area contributed by atoms with Crippen molar-refractivity contribution in [1.29, 1.82) is 0 Å². The number of para-hydroxylation sites is 2. The normalized spacial score (nSPS) is 9.95. The van der Waals surface area contributed by atoms with Crippen molar-refractivity contribution in [3.63, 3.8) is 0 Å². The Morgan fingerprint density at radius 3 is 2.89 bits per heavy atom. The van der Waals surface area contributed by atoms with E-state index in [0.29, 0.717) is 11.4 Å². The van der Waals surface area contributed by atoms with Gasteiger partial charge in [0.25, 0.3) is 5.91 Å². The number of rotatable bonds is 4. The number of carbonyl (C=O) groups is 1. The van der Waals surface area contributed by atoms with Gasteiger partial charge < -0.3 is 15.8 Å². The lowest BCUT2D eigenvalue weighted by Crippen LogP contribution is -2.21. The largest absolute Gasteiger partial charge is 0.482 e. The summed E-state index contributed by atoms with van der Waals surface area (Å²) in [5.74, 6) is -0.670. The highest BCUT2D eigenvalue weighted by molar-refractivity contribution is 5.91. The molecule has 2 aromatic rings. The minimum atomic E-state index is -0.602. The number of nitrogens with zero attached hydrogens (tertiary/aromatic N) is 1. The first-order valence-corrected chi connectivity index (χ1v) is 5.53. The molecule has 0 aliphatic heterocycles. The van der Waals surface area contributed by atoms with Crippen molar-refractivity contribution in [1.82, 2.24) is 4.98 Å².